The summed E-state index contributed by atoms with van der Waals surface area (Å²) in [6.45, 7) is 6.58. The third kappa shape index (κ3) is 3.83. The number of aromatic amines is 2. The molecule has 0 aliphatic carbocycles. The second-order valence-corrected chi connectivity index (χ2v) is 8.66. The van der Waals surface area contributed by atoms with E-state index >= 15 is 0 Å². The van der Waals surface area contributed by atoms with Gasteiger partial charge in [-0.05, 0) is 34.7 Å². The number of fused-ring (bicyclic) bond motifs is 1. The highest BCUT2D eigenvalue weighted by atomic mass is 16.2. The number of benzene rings is 2. The van der Waals surface area contributed by atoms with Gasteiger partial charge in [0.05, 0.1) is 0 Å². The zero-order valence-electron chi connectivity index (χ0n) is 19.1. The number of nitrogens with one attached hydrogen (secondary N) is 2. The van der Waals surface area contributed by atoms with Gasteiger partial charge in [-0.25, -0.2) is 9.78 Å². The van der Waals surface area contributed by atoms with E-state index in [2.05, 4.69) is 30.6 Å². The Morgan fingerprint density at radius 1 is 0.971 bits per heavy atom. The van der Waals surface area contributed by atoms with Gasteiger partial charge in [0.1, 0.15) is 5.82 Å². The standard InChI is InChI=1S/C24H24N8O2/c1-14(2)12-32-23(33)20-22(26-24(32)34)25-15(3)31(20)13-16-8-10-17(11-9-16)18-6-4-5-7-19(18)21-27-29-30-28-21/h4-11,14H,12-13H2,1-3H3,(H,26,34)(H,27,28,29,30). The van der Waals surface area contributed by atoms with E-state index in [0.717, 1.165) is 22.3 Å². The van der Waals surface area contributed by atoms with E-state index in [1.807, 2.05) is 73.9 Å². The van der Waals surface area contributed by atoms with Gasteiger partial charge in [0, 0.05) is 18.7 Å². The Kier molecular flexibility index (Phi) is 5.40. The van der Waals surface area contributed by atoms with Crippen LogP contribution in [0.25, 0.3) is 33.7 Å². The van der Waals surface area contributed by atoms with Crippen molar-refractivity contribution in [3.63, 3.8) is 0 Å². The molecule has 0 aliphatic rings. The number of nitrogens with zero attached hydrogens (tertiary/aromatic N) is 6. The van der Waals surface area contributed by atoms with Gasteiger partial charge >= 0.3 is 5.69 Å². The fourth-order valence-electron chi connectivity index (χ4n) is 4.16. The average Bonchev–Trinajstić information content (AvgIpc) is 3.46. The summed E-state index contributed by atoms with van der Waals surface area (Å²) in [6.07, 6.45) is 0. The maximum absolute atomic E-state index is 13.2. The third-order valence-electron chi connectivity index (χ3n) is 5.74. The third-order valence-corrected chi connectivity index (χ3v) is 5.74. The first kappa shape index (κ1) is 21.5. The topological polar surface area (TPSA) is 127 Å². The number of hydrogen-bond donors (Lipinski definition) is 2. The summed E-state index contributed by atoms with van der Waals surface area (Å²) in [7, 11) is 0. The molecule has 10 nitrogen and oxygen atoms in total. The van der Waals surface area contributed by atoms with Crippen molar-refractivity contribution in [3.05, 3.63) is 80.8 Å². The number of aromatic nitrogens is 8. The van der Waals surface area contributed by atoms with Gasteiger partial charge in [-0.15, -0.1) is 10.2 Å². The van der Waals surface area contributed by atoms with E-state index in [4.69, 9.17) is 0 Å². The van der Waals surface area contributed by atoms with Gasteiger partial charge in [0.2, 0.25) is 5.82 Å². The SMILES string of the molecule is Cc1nc2[nH]c(=O)n(CC(C)C)c(=O)c2n1Cc1ccc(-c2ccccc2-c2nn[nH]n2)cc1. The first-order valence-electron chi connectivity index (χ1n) is 11.0. The molecule has 0 bridgehead atoms. The van der Waals surface area contributed by atoms with Crippen LogP contribution in [0.1, 0.15) is 25.2 Å². The Morgan fingerprint density at radius 3 is 2.38 bits per heavy atom. The van der Waals surface area contributed by atoms with Crippen LogP contribution in [0, 0.1) is 12.8 Å². The van der Waals surface area contributed by atoms with Crippen LogP contribution in [0.2, 0.25) is 0 Å². The van der Waals surface area contributed by atoms with Gasteiger partial charge in [-0.3, -0.25) is 14.3 Å². The van der Waals surface area contributed by atoms with Gasteiger partial charge in [-0.1, -0.05) is 62.4 Å². The highest BCUT2D eigenvalue weighted by Crippen LogP contribution is 2.30. The predicted molar refractivity (Wildman–Crippen MR) is 128 cm³/mol. The minimum atomic E-state index is -0.430. The summed E-state index contributed by atoms with van der Waals surface area (Å²) in [4.78, 5) is 32.7. The van der Waals surface area contributed by atoms with Crippen molar-refractivity contribution in [1.29, 1.82) is 0 Å². The molecule has 3 aromatic heterocycles. The molecule has 5 aromatic rings. The molecule has 172 valence electrons. The van der Waals surface area contributed by atoms with E-state index < -0.39 is 5.69 Å². The molecule has 0 radical (unpaired) electrons. The van der Waals surface area contributed by atoms with E-state index in [1.54, 1.807) is 0 Å². The summed E-state index contributed by atoms with van der Waals surface area (Å²) in [5, 5.41) is 14.4. The molecule has 0 aliphatic heterocycles. The van der Waals surface area contributed by atoms with Crippen LogP contribution in [0.5, 0.6) is 0 Å². The van der Waals surface area contributed by atoms with Gasteiger partial charge < -0.3 is 4.57 Å². The molecule has 0 fully saturated rings. The molecule has 34 heavy (non-hydrogen) atoms. The predicted octanol–water partition coefficient (Wildman–Crippen LogP) is 2.75. The van der Waals surface area contributed by atoms with Crippen LogP contribution in [-0.2, 0) is 13.1 Å². The maximum atomic E-state index is 13.2. The van der Waals surface area contributed by atoms with Gasteiger partial charge in [-0.2, -0.15) is 5.21 Å². The normalized spacial score (nSPS) is 11.5. The van der Waals surface area contributed by atoms with Crippen LogP contribution in [0.4, 0.5) is 0 Å². The second kappa shape index (κ2) is 8.54. The number of rotatable bonds is 6. The molecule has 0 saturated heterocycles. The monoisotopic (exact) mass is 456 g/mol. The summed E-state index contributed by atoms with van der Waals surface area (Å²) in [5.41, 5.74) is 3.87. The fraction of sp³-hybridized carbons (Fsp3) is 0.250. The lowest BCUT2D eigenvalue weighted by Crippen LogP contribution is -2.37. The number of imidazole rings is 1. The minimum Gasteiger partial charge on any atom is -0.318 e. The number of tetrazole rings is 1. The van der Waals surface area contributed by atoms with Gasteiger partial charge in [0.15, 0.2) is 11.2 Å². The Bertz CT molecular complexity index is 1570. The second-order valence-electron chi connectivity index (χ2n) is 8.66. The quantitative estimate of drug-likeness (QED) is 0.404. The first-order chi connectivity index (χ1) is 16.4. The molecule has 10 heteroatoms. The largest absolute Gasteiger partial charge is 0.330 e. The van der Waals surface area contributed by atoms with Crippen LogP contribution in [0.15, 0.2) is 58.1 Å². The Hall–Kier alpha value is -4.34. The molecular weight excluding hydrogens is 432 g/mol. The lowest BCUT2D eigenvalue weighted by atomic mass is 9.98. The number of H-pyrrole nitrogens is 2. The summed E-state index contributed by atoms with van der Waals surface area (Å²) in [5.74, 6) is 1.36. The zero-order chi connectivity index (χ0) is 23.8. The van der Waals surface area contributed by atoms with Crippen LogP contribution < -0.4 is 11.2 Å². The highest BCUT2D eigenvalue weighted by molar-refractivity contribution is 5.80. The highest BCUT2D eigenvalue weighted by Gasteiger charge is 2.17. The van der Waals surface area contributed by atoms with Crippen molar-refractivity contribution in [2.24, 2.45) is 5.92 Å². The number of hydrogen-bond acceptors (Lipinski definition) is 6. The van der Waals surface area contributed by atoms with Gasteiger partial charge in [0.25, 0.3) is 5.56 Å². The lowest BCUT2D eigenvalue weighted by molar-refractivity contribution is 0.494. The molecule has 0 amide bonds. The number of aryl methyl sites for hydroxylation is 1. The van der Waals surface area contributed by atoms with Crippen molar-refractivity contribution in [1.82, 2.24) is 39.7 Å². The Labute approximate surface area is 194 Å². The van der Waals surface area contributed by atoms with E-state index in [0.29, 0.717) is 35.9 Å². The van der Waals surface area contributed by atoms with E-state index in [9.17, 15) is 9.59 Å². The molecule has 0 atom stereocenters. The summed E-state index contributed by atoms with van der Waals surface area (Å²) in [6, 6.07) is 16.0. The van der Waals surface area contributed by atoms with Crippen LogP contribution >= 0.6 is 0 Å². The van der Waals surface area contributed by atoms with Crippen LogP contribution in [0.3, 0.4) is 0 Å². The molecule has 3 heterocycles. The average molecular weight is 457 g/mol. The minimum absolute atomic E-state index is 0.164. The smallest absolute Gasteiger partial charge is 0.318 e. The molecule has 0 saturated carbocycles. The zero-order valence-corrected chi connectivity index (χ0v) is 19.1. The molecule has 2 aromatic carbocycles. The molecule has 0 unspecified atom stereocenters. The summed E-state index contributed by atoms with van der Waals surface area (Å²) < 4.78 is 3.11. The van der Waals surface area contributed by atoms with Crippen molar-refractivity contribution < 1.29 is 0 Å². The lowest BCUT2D eigenvalue weighted by Gasteiger charge is -2.11. The first-order valence-corrected chi connectivity index (χ1v) is 11.0. The fourth-order valence-corrected chi connectivity index (χ4v) is 4.16. The van der Waals surface area contributed by atoms with Crippen LogP contribution in [-0.4, -0.2) is 39.7 Å². The summed E-state index contributed by atoms with van der Waals surface area (Å²) >= 11 is 0. The molecule has 0 spiro atoms. The van der Waals surface area contributed by atoms with E-state index in [1.165, 1.54) is 4.57 Å². The van der Waals surface area contributed by atoms with Crippen molar-refractivity contribution in [2.75, 3.05) is 0 Å². The van der Waals surface area contributed by atoms with E-state index in [-0.39, 0.29) is 11.5 Å². The maximum Gasteiger partial charge on any atom is 0.330 e. The molecule has 5 rings (SSSR count). The Balaban J connectivity index is 1.51. The molecule has 2 N–H and O–H groups in total. The molecular formula is C24H24N8O2. The van der Waals surface area contributed by atoms with Crippen molar-refractivity contribution >= 4 is 11.2 Å². The van der Waals surface area contributed by atoms with Crippen molar-refractivity contribution in [3.8, 4) is 22.5 Å². The van der Waals surface area contributed by atoms with Crippen molar-refractivity contribution in [2.45, 2.75) is 33.9 Å². The Morgan fingerprint density at radius 2 is 1.71 bits per heavy atom.